The van der Waals surface area contributed by atoms with Gasteiger partial charge in [0.1, 0.15) is 5.56 Å². The van der Waals surface area contributed by atoms with Crippen LogP contribution in [0, 0.1) is 6.92 Å². The molecule has 0 saturated carbocycles. The van der Waals surface area contributed by atoms with Gasteiger partial charge in [-0.2, -0.15) is 0 Å². The van der Waals surface area contributed by atoms with Crippen molar-refractivity contribution in [1.29, 1.82) is 0 Å². The zero-order valence-corrected chi connectivity index (χ0v) is 26.0. The summed E-state index contributed by atoms with van der Waals surface area (Å²) in [6.07, 6.45) is 7.16. The third-order valence-electron chi connectivity index (χ3n) is 8.68. The van der Waals surface area contributed by atoms with E-state index < -0.39 is 0 Å². The molecule has 0 spiro atoms. The highest BCUT2D eigenvalue weighted by molar-refractivity contribution is 6.06. The summed E-state index contributed by atoms with van der Waals surface area (Å²) in [6.45, 7) is 14.1. The second-order valence-electron chi connectivity index (χ2n) is 11.1. The number of rotatable bonds is 14. The van der Waals surface area contributed by atoms with Gasteiger partial charge in [-0.15, -0.1) is 0 Å². The molecule has 0 radical (unpaired) electrons. The van der Waals surface area contributed by atoms with E-state index in [0.717, 1.165) is 77.6 Å². The van der Waals surface area contributed by atoms with Crippen LogP contribution in [0.4, 0.5) is 22.7 Å². The normalized spacial score (nSPS) is 16.1. The van der Waals surface area contributed by atoms with Crippen molar-refractivity contribution >= 4 is 39.6 Å². The number of quaternary nitrogens is 1. The van der Waals surface area contributed by atoms with Gasteiger partial charge in [-0.3, -0.25) is 4.84 Å². The zero-order valence-electron chi connectivity index (χ0n) is 26.0. The topological polar surface area (TPSA) is 43.7 Å². The molecule has 222 valence electrons. The Bertz CT molecular complexity index is 1540. The van der Waals surface area contributed by atoms with Crippen LogP contribution >= 0.6 is 0 Å². The number of benzene rings is 3. The van der Waals surface area contributed by atoms with Crippen molar-refractivity contribution in [3.05, 3.63) is 78.0 Å². The van der Waals surface area contributed by atoms with E-state index in [9.17, 15) is 4.79 Å². The van der Waals surface area contributed by atoms with Crippen LogP contribution in [0.15, 0.2) is 66.7 Å². The molecule has 1 aliphatic rings. The Hall–Kier alpha value is -3.77. The van der Waals surface area contributed by atoms with Gasteiger partial charge in [0.05, 0.1) is 23.2 Å². The van der Waals surface area contributed by atoms with Gasteiger partial charge < -0.3 is 14.2 Å². The fourth-order valence-corrected chi connectivity index (χ4v) is 6.56. The number of carbonyl (C=O) groups excluding carboxylic acids is 1. The highest BCUT2D eigenvalue weighted by atomic mass is 16.8. The van der Waals surface area contributed by atoms with E-state index in [4.69, 9.17) is 9.57 Å². The monoisotopic (exact) mass is 568 g/mol. The SMILES string of the molecule is CCCCCCCCOc1cc(N(CC)CC)ccc1[N+]1(c2c(C)n(CC)c3ccccc23)OC(=O)c2ccccc21. The first-order valence-corrected chi connectivity index (χ1v) is 15.8. The lowest BCUT2D eigenvalue weighted by molar-refractivity contribution is -0.0149. The largest absolute Gasteiger partial charge is 0.487 e. The third-order valence-corrected chi connectivity index (χ3v) is 8.68. The number of hydrogen-bond donors (Lipinski definition) is 0. The van der Waals surface area contributed by atoms with E-state index in [1.807, 2.05) is 24.3 Å². The molecule has 0 aliphatic carbocycles. The Morgan fingerprint density at radius 2 is 1.55 bits per heavy atom. The molecule has 1 aromatic heterocycles. The maximum Gasteiger partial charge on any atom is 0.405 e. The first-order valence-electron chi connectivity index (χ1n) is 15.8. The minimum Gasteiger partial charge on any atom is -0.487 e. The summed E-state index contributed by atoms with van der Waals surface area (Å²) < 4.78 is 8.83. The van der Waals surface area contributed by atoms with Gasteiger partial charge in [0, 0.05) is 43.5 Å². The molecule has 0 saturated heterocycles. The van der Waals surface area contributed by atoms with E-state index in [-0.39, 0.29) is 10.6 Å². The molecule has 1 atom stereocenters. The standard InChI is InChI=1S/C36H46N3O3/c1-6-10-11-12-13-18-25-41-34-26-28(37(7-2)8-3)23-24-33(34)39(32-22-17-15-20-30(32)36(40)42-39)35-27(5)38(9-4)31-21-16-14-19-29(31)35/h14-17,19-24,26H,6-13,18,25H2,1-5H3/q+1. The van der Waals surface area contributed by atoms with Crippen molar-refractivity contribution in [2.75, 3.05) is 24.6 Å². The first-order chi connectivity index (χ1) is 20.5. The molecule has 0 bridgehead atoms. The number of anilines is 1. The number of ether oxygens (including phenoxy) is 1. The summed E-state index contributed by atoms with van der Waals surface area (Å²) in [6, 6.07) is 22.6. The Morgan fingerprint density at radius 1 is 0.833 bits per heavy atom. The van der Waals surface area contributed by atoms with Crippen LogP contribution in [-0.2, 0) is 11.4 Å². The highest BCUT2D eigenvalue weighted by Crippen LogP contribution is 2.57. The van der Waals surface area contributed by atoms with Gasteiger partial charge in [0.25, 0.3) is 0 Å². The minimum absolute atomic E-state index is 0.154. The summed E-state index contributed by atoms with van der Waals surface area (Å²) in [5.41, 5.74) is 6.46. The van der Waals surface area contributed by atoms with E-state index in [1.54, 1.807) is 0 Å². The molecule has 1 unspecified atom stereocenters. The number of para-hydroxylation sites is 2. The molecule has 5 rings (SSSR count). The Kier molecular flexibility index (Phi) is 9.22. The van der Waals surface area contributed by atoms with E-state index in [1.165, 1.54) is 25.7 Å². The lowest BCUT2D eigenvalue weighted by atomic mass is 10.1. The summed E-state index contributed by atoms with van der Waals surface area (Å²) in [5, 5.41) is 1.07. The number of fused-ring (bicyclic) bond motifs is 2. The lowest BCUT2D eigenvalue weighted by Gasteiger charge is -2.31. The summed E-state index contributed by atoms with van der Waals surface area (Å²) in [7, 11) is 0. The predicted octanol–water partition coefficient (Wildman–Crippen LogP) is 9.61. The van der Waals surface area contributed by atoms with Crippen molar-refractivity contribution < 1.29 is 14.4 Å². The Labute approximate surface area is 251 Å². The molecule has 6 heteroatoms. The van der Waals surface area contributed by atoms with Crippen LogP contribution in [0.3, 0.4) is 0 Å². The average molecular weight is 569 g/mol. The molecule has 2 heterocycles. The number of nitrogens with zero attached hydrogens (tertiary/aromatic N) is 3. The molecule has 42 heavy (non-hydrogen) atoms. The molecule has 0 N–H and O–H groups in total. The first kappa shape index (κ1) is 29.7. The number of hydrogen-bond acceptors (Lipinski definition) is 4. The van der Waals surface area contributed by atoms with Crippen LogP contribution in [0.1, 0.15) is 82.3 Å². The fourth-order valence-electron chi connectivity index (χ4n) is 6.56. The maximum absolute atomic E-state index is 13.6. The van der Waals surface area contributed by atoms with Crippen LogP contribution in [0.25, 0.3) is 10.9 Å². The predicted molar refractivity (Wildman–Crippen MR) is 174 cm³/mol. The van der Waals surface area contributed by atoms with Crippen LogP contribution in [-0.4, -0.2) is 30.2 Å². The van der Waals surface area contributed by atoms with Gasteiger partial charge in [-0.05, 0) is 63.0 Å². The van der Waals surface area contributed by atoms with Crippen molar-refractivity contribution in [3.8, 4) is 5.75 Å². The van der Waals surface area contributed by atoms with Gasteiger partial charge in [-0.1, -0.05) is 63.3 Å². The Morgan fingerprint density at radius 3 is 2.31 bits per heavy atom. The van der Waals surface area contributed by atoms with E-state index >= 15 is 0 Å². The van der Waals surface area contributed by atoms with E-state index in [0.29, 0.717) is 12.2 Å². The molecule has 6 nitrogen and oxygen atoms in total. The minimum atomic E-state index is -0.326. The molecule has 0 fully saturated rings. The maximum atomic E-state index is 13.6. The molecular weight excluding hydrogens is 522 g/mol. The van der Waals surface area contributed by atoms with E-state index in [2.05, 4.69) is 86.6 Å². The van der Waals surface area contributed by atoms with Crippen LogP contribution in [0.5, 0.6) is 5.75 Å². The molecule has 1 aliphatic heterocycles. The second kappa shape index (κ2) is 13.0. The molecule has 3 aromatic carbocycles. The fraction of sp³-hybridized carbons (Fsp3) is 0.417. The number of carbonyl (C=O) groups is 1. The number of aromatic nitrogens is 1. The molecule has 4 aromatic rings. The Balaban J connectivity index is 1.71. The second-order valence-corrected chi connectivity index (χ2v) is 11.1. The quantitative estimate of drug-likeness (QED) is 0.112. The van der Waals surface area contributed by atoms with Crippen LogP contribution < -0.4 is 14.3 Å². The van der Waals surface area contributed by atoms with Gasteiger partial charge in [0.15, 0.2) is 5.75 Å². The molecule has 0 amide bonds. The zero-order chi connectivity index (χ0) is 29.7. The van der Waals surface area contributed by atoms with Crippen molar-refractivity contribution in [1.82, 2.24) is 9.21 Å². The average Bonchev–Trinajstić information content (AvgIpc) is 3.47. The third kappa shape index (κ3) is 5.17. The number of unbranched alkanes of at least 4 members (excludes halogenated alkanes) is 5. The van der Waals surface area contributed by atoms with Crippen molar-refractivity contribution in [2.24, 2.45) is 0 Å². The summed E-state index contributed by atoms with van der Waals surface area (Å²) >= 11 is 0. The highest BCUT2D eigenvalue weighted by Gasteiger charge is 2.55. The molecular formula is C36H46N3O3+. The smallest absolute Gasteiger partial charge is 0.405 e. The van der Waals surface area contributed by atoms with Gasteiger partial charge in [-0.25, -0.2) is 4.79 Å². The number of aryl methyl sites for hydroxylation is 1. The van der Waals surface area contributed by atoms with Crippen molar-refractivity contribution in [3.63, 3.8) is 0 Å². The lowest BCUT2D eigenvalue weighted by Crippen LogP contribution is -2.37. The summed E-state index contributed by atoms with van der Waals surface area (Å²) in [5.74, 6) is 0.429. The van der Waals surface area contributed by atoms with Crippen LogP contribution in [0.2, 0.25) is 0 Å². The van der Waals surface area contributed by atoms with Crippen molar-refractivity contribution in [2.45, 2.75) is 79.7 Å². The van der Waals surface area contributed by atoms with Gasteiger partial charge in [0.2, 0.25) is 17.1 Å². The summed E-state index contributed by atoms with van der Waals surface area (Å²) in [4.78, 5) is 22.5. The van der Waals surface area contributed by atoms with Gasteiger partial charge >= 0.3 is 5.97 Å².